The Morgan fingerprint density at radius 3 is 1.56 bits per heavy atom. The topological polar surface area (TPSA) is 117 Å². The van der Waals surface area contributed by atoms with Crippen molar-refractivity contribution in [1.29, 1.82) is 0 Å². The molecule has 2 aromatic rings. The average Bonchev–Trinajstić information content (AvgIpc) is 2.65. The van der Waals surface area contributed by atoms with Crippen LogP contribution >= 0.6 is 0 Å². The Kier molecular flexibility index (Phi) is 7.59. The summed E-state index contributed by atoms with van der Waals surface area (Å²) in [5, 5.41) is 2.77. The second-order valence-electron chi connectivity index (χ2n) is 5.29. The molecule has 0 fully saturated rings. The van der Waals surface area contributed by atoms with Crippen LogP contribution in [0.3, 0.4) is 0 Å². The fourth-order valence-corrected chi connectivity index (χ4v) is 3.78. The number of methoxy groups -OCH3 is 2. The molecule has 144 valence electrons. The summed E-state index contributed by atoms with van der Waals surface area (Å²) in [6, 6.07) is 10.4. The maximum absolute atomic E-state index is 12.0. The SMILES string of the molecule is COc1ccc(/C=C/S(=O)NS(=O)/C=C/c2ccc(OC)c(N)c2)cc1N. The predicted octanol–water partition coefficient (Wildman–Crippen LogP) is 2.43. The van der Waals surface area contributed by atoms with Gasteiger partial charge in [-0.1, -0.05) is 12.1 Å². The molecule has 5 N–H and O–H groups in total. The lowest BCUT2D eigenvalue weighted by molar-refractivity contribution is 0.417. The molecule has 0 radical (unpaired) electrons. The van der Waals surface area contributed by atoms with Gasteiger partial charge in [-0.2, -0.15) is 0 Å². The molecule has 2 rings (SSSR count). The summed E-state index contributed by atoms with van der Waals surface area (Å²) in [5.41, 5.74) is 14.1. The van der Waals surface area contributed by atoms with Crippen molar-refractivity contribution in [3.05, 3.63) is 58.3 Å². The number of ether oxygens (including phenoxy) is 2. The van der Waals surface area contributed by atoms with Crippen LogP contribution in [-0.2, 0) is 22.0 Å². The van der Waals surface area contributed by atoms with E-state index in [9.17, 15) is 8.42 Å². The molecule has 0 aliphatic rings. The van der Waals surface area contributed by atoms with Crippen LogP contribution in [0.4, 0.5) is 11.4 Å². The van der Waals surface area contributed by atoms with E-state index in [-0.39, 0.29) is 0 Å². The monoisotopic (exact) mass is 407 g/mol. The molecular formula is C18H21N3O4S2. The molecule has 0 saturated heterocycles. The third-order valence-electron chi connectivity index (χ3n) is 3.44. The van der Waals surface area contributed by atoms with Crippen LogP contribution in [-0.4, -0.2) is 22.6 Å². The van der Waals surface area contributed by atoms with E-state index in [0.717, 1.165) is 11.1 Å². The molecule has 0 bridgehead atoms. The van der Waals surface area contributed by atoms with Crippen LogP contribution in [0.5, 0.6) is 11.5 Å². The van der Waals surface area contributed by atoms with Gasteiger partial charge >= 0.3 is 0 Å². The summed E-state index contributed by atoms with van der Waals surface area (Å²) in [6.45, 7) is 0. The first-order chi connectivity index (χ1) is 12.9. The number of benzene rings is 2. The first-order valence-electron chi connectivity index (χ1n) is 7.74. The number of hydrogen-bond donors (Lipinski definition) is 3. The zero-order valence-electron chi connectivity index (χ0n) is 14.9. The lowest BCUT2D eigenvalue weighted by Gasteiger charge is -2.04. The van der Waals surface area contributed by atoms with Gasteiger partial charge < -0.3 is 20.9 Å². The second-order valence-corrected chi connectivity index (χ2v) is 7.69. The van der Waals surface area contributed by atoms with Gasteiger partial charge in [0.25, 0.3) is 0 Å². The van der Waals surface area contributed by atoms with Crippen LogP contribution in [0.25, 0.3) is 12.2 Å². The van der Waals surface area contributed by atoms with Crippen LogP contribution in [0.15, 0.2) is 47.2 Å². The van der Waals surface area contributed by atoms with E-state index >= 15 is 0 Å². The highest BCUT2D eigenvalue weighted by Gasteiger charge is 2.02. The summed E-state index contributed by atoms with van der Waals surface area (Å²) in [6.07, 6.45) is 3.23. The van der Waals surface area contributed by atoms with Crippen molar-refractivity contribution in [2.75, 3.05) is 25.7 Å². The second kappa shape index (κ2) is 9.91. The Morgan fingerprint density at radius 2 is 1.22 bits per heavy atom. The van der Waals surface area contributed by atoms with E-state index < -0.39 is 22.0 Å². The van der Waals surface area contributed by atoms with E-state index in [1.807, 2.05) is 0 Å². The lowest BCUT2D eigenvalue weighted by Crippen LogP contribution is -2.15. The first kappa shape index (κ1) is 20.7. The summed E-state index contributed by atoms with van der Waals surface area (Å²) < 4.78 is 36.6. The number of anilines is 2. The summed E-state index contributed by atoms with van der Waals surface area (Å²) in [5.74, 6) is 1.13. The zero-order valence-corrected chi connectivity index (χ0v) is 16.5. The van der Waals surface area contributed by atoms with Crippen LogP contribution in [0.2, 0.25) is 0 Å². The quantitative estimate of drug-likeness (QED) is 0.579. The molecule has 2 aromatic carbocycles. The molecule has 0 heterocycles. The molecule has 0 saturated carbocycles. The van der Waals surface area contributed by atoms with Crippen molar-refractivity contribution in [3.63, 3.8) is 0 Å². The standard InChI is InChI=1S/C18H21N3O4S2/c1-24-17-5-3-13(11-15(17)19)7-9-26(22)21-27(23)10-8-14-4-6-18(25-2)16(20)12-14/h3-12,21H,19-20H2,1-2H3/b9-7+,10-8+. The average molecular weight is 408 g/mol. The molecule has 2 atom stereocenters. The Hall–Kier alpha value is -2.62. The van der Waals surface area contributed by atoms with Crippen molar-refractivity contribution in [2.24, 2.45) is 0 Å². The highest BCUT2D eigenvalue weighted by molar-refractivity contribution is 8.01. The van der Waals surface area contributed by atoms with Crippen LogP contribution < -0.4 is 25.1 Å². The van der Waals surface area contributed by atoms with Crippen LogP contribution in [0.1, 0.15) is 11.1 Å². The van der Waals surface area contributed by atoms with Crippen molar-refractivity contribution in [2.45, 2.75) is 0 Å². The molecular weight excluding hydrogens is 386 g/mol. The fourth-order valence-electron chi connectivity index (χ4n) is 2.13. The Bertz CT molecular complexity index is 840. The van der Waals surface area contributed by atoms with E-state index in [1.54, 1.807) is 48.6 Å². The number of hydrogen-bond acceptors (Lipinski definition) is 6. The molecule has 9 heteroatoms. The highest BCUT2D eigenvalue weighted by atomic mass is 32.3. The molecule has 0 aliphatic heterocycles. The number of nitrogens with one attached hydrogen (secondary N) is 1. The van der Waals surface area contributed by atoms with Gasteiger partial charge in [0, 0.05) is 10.8 Å². The molecule has 0 aromatic heterocycles. The minimum absolute atomic E-state index is 0.476. The van der Waals surface area contributed by atoms with Crippen LogP contribution in [0, 0.1) is 0 Å². The van der Waals surface area contributed by atoms with Crippen molar-refractivity contribution in [1.82, 2.24) is 4.13 Å². The van der Waals surface area contributed by atoms with E-state index in [4.69, 9.17) is 20.9 Å². The molecule has 0 spiro atoms. The summed E-state index contributed by atoms with van der Waals surface area (Å²) in [7, 11) is -0.199. The minimum Gasteiger partial charge on any atom is -0.495 e. The van der Waals surface area contributed by atoms with Gasteiger partial charge in [0.15, 0.2) is 0 Å². The molecule has 7 nitrogen and oxygen atoms in total. The molecule has 0 aliphatic carbocycles. The van der Waals surface area contributed by atoms with Gasteiger partial charge in [0.1, 0.15) is 33.5 Å². The van der Waals surface area contributed by atoms with Gasteiger partial charge in [0.05, 0.1) is 25.6 Å². The van der Waals surface area contributed by atoms with E-state index in [2.05, 4.69) is 4.13 Å². The molecule has 0 amide bonds. The first-order valence-corrected chi connectivity index (χ1v) is 10.2. The molecule has 27 heavy (non-hydrogen) atoms. The van der Waals surface area contributed by atoms with Crippen molar-refractivity contribution < 1.29 is 17.9 Å². The summed E-state index contributed by atoms with van der Waals surface area (Å²) in [4.78, 5) is 0. The largest absolute Gasteiger partial charge is 0.495 e. The van der Waals surface area contributed by atoms with Gasteiger partial charge in [-0.15, -0.1) is 4.13 Å². The minimum atomic E-state index is -1.63. The number of nitrogens with two attached hydrogens (primary N) is 2. The maximum Gasteiger partial charge on any atom is 0.141 e. The van der Waals surface area contributed by atoms with Gasteiger partial charge in [-0.25, -0.2) is 8.42 Å². The maximum atomic E-state index is 12.0. The van der Waals surface area contributed by atoms with Crippen molar-refractivity contribution >= 4 is 45.5 Å². The number of nitrogen functional groups attached to an aromatic ring is 2. The van der Waals surface area contributed by atoms with Gasteiger partial charge in [0.2, 0.25) is 0 Å². The van der Waals surface area contributed by atoms with Gasteiger partial charge in [-0.3, -0.25) is 0 Å². The predicted molar refractivity (Wildman–Crippen MR) is 112 cm³/mol. The van der Waals surface area contributed by atoms with E-state index in [0.29, 0.717) is 22.9 Å². The summed E-state index contributed by atoms with van der Waals surface area (Å²) >= 11 is 0. The highest BCUT2D eigenvalue weighted by Crippen LogP contribution is 2.23. The molecule has 2 unspecified atom stereocenters. The normalized spacial score (nSPS) is 13.7. The van der Waals surface area contributed by atoms with Crippen molar-refractivity contribution in [3.8, 4) is 11.5 Å². The fraction of sp³-hybridized carbons (Fsp3) is 0.111. The smallest absolute Gasteiger partial charge is 0.141 e. The lowest BCUT2D eigenvalue weighted by atomic mass is 10.2. The van der Waals surface area contributed by atoms with E-state index in [1.165, 1.54) is 25.0 Å². The zero-order chi connectivity index (χ0) is 19.8. The Labute approximate surface area is 163 Å². The number of rotatable bonds is 8. The van der Waals surface area contributed by atoms with Gasteiger partial charge in [-0.05, 0) is 47.5 Å². The third-order valence-corrected chi connectivity index (χ3v) is 5.52. The Morgan fingerprint density at radius 1 is 0.815 bits per heavy atom. The Balaban J connectivity index is 1.94. The third kappa shape index (κ3) is 6.24.